The predicted octanol–water partition coefficient (Wildman–Crippen LogP) is 6.67. The Balaban J connectivity index is 1.65. The van der Waals surface area contributed by atoms with Gasteiger partial charge < -0.3 is 9.15 Å². The second-order valence-corrected chi connectivity index (χ2v) is 11.5. The number of carbonyl (C=O) groups excluding carboxylic acids is 1. The molecule has 0 fully saturated rings. The quantitative estimate of drug-likeness (QED) is 0.249. The Hall–Kier alpha value is -3.23. The van der Waals surface area contributed by atoms with Crippen molar-refractivity contribution in [3.63, 3.8) is 0 Å². The number of nitrogens with zero attached hydrogens (tertiary/aromatic N) is 3. The summed E-state index contributed by atoms with van der Waals surface area (Å²) in [5, 5.41) is 10.6. The summed E-state index contributed by atoms with van der Waals surface area (Å²) < 4.78 is 12.0. The SMILES string of the molecule is CC(C)CCOc1cccc(C2c3c(oc4ccc(Cl)cc4c3=O)C(=O)N2c2nnc(CC(C)C)s2)c1. The van der Waals surface area contributed by atoms with Gasteiger partial charge in [0, 0.05) is 11.4 Å². The van der Waals surface area contributed by atoms with E-state index >= 15 is 0 Å². The lowest BCUT2D eigenvalue weighted by Crippen LogP contribution is -2.29. The fourth-order valence-corrected chi connectivity index (χ4v) is 5.67. The van der Waals surface area contributed by atoms with E-state index in [2.05, 4.69) is 37.9 Å². The number of fused-ring (bicyclic) bond motifs is 2. The van der Waals surface area contributed by atoms with Gasteiger partial charge in [0.05, 0.1) is 23.6 Å². The van der Waals surface area contributed by atoms with Crippen molar-refractivity contribution >= 4 is 44.9 Å². The number of carbonyl (C=O) groups is 1. The Bertz CT molecular complexity index is 1530. The highest BCUT2D eigenvalue weighted by molar-refractivity contribution is 7.15. The van der Waals surface area contributed by atoms with Gasteiger partial charge >= 0.3 is 0 Å². The average Bonchev–Trinajstić information content (AvgIpc) is 3.41. The minimum atomic E-state index is -0.740. The molecule has 1 aliphatic rings. The molecule has 1 amide bonds. The van der Waals surface area contributed by atoms with Crippen molar-refractivity contribution in [3.05, 3.63) is 79.6 Å². The standard InChI is InChI=1S/C28H28ClN3O4S/c1-15(2)10-11-35-19-7-5-6-17(13-19)24-23-25(33)20-14-18(29)8-9-21(20)36-26(23)27(34)32(24)28-31-30-22(37-28)12-16(3)4/h5-9,13-16,24H,10-12H2,1-4H3. The first-order chi connectivity index (χ1) is 17.7. The average molecular weight is 538 g/mol. The highest BCUT2D eigenvalue weighted by atomic mass is 35.5. The monoisotopic (exact) mass is 537 g/mol. The molecule has 0 radical (unpaired) electrons. The molecular weight excluding hydrogens is 510 g/mol. The van der Waals surface area contributed by atoms with Gasteiger partial charge in [-0.3, -0.25) is 14.5 Å². The summed E-state index contributed by atoms with van der Waals surface area (Å²) in [6.45, 7) is 9.06. The molecule has 2 aromatic heterocycles. The number of hydrogen-bond acceptors (Lipinski definition) is 7. The van der Waals surface area contributed by atoms with Crippen molar-refractivity contribution in [2.24, 2.45) is 11.8 Å². The molecule has 2 aromatic carbocycles. The van der Waals surface area contributed by atoms with E-state index in [-0.39, 0.29) is 16.8 Å². The van der Waals surface area contributed by atoms with E-state index in [1.807, 2.05) is 24.3 Å². The molecule has 5 rings (SSSR count). The number of hydrogen-bond donors (Lipinski definition) is 0. The number of rotatable bonds is 8. The number of amides is 1. The molecule has 1 unspecified atom stereocenters. The van der Waals surface area contributed by atoms with Crippen LogP contribution < -0.4 is 15.1 Å². The minimum Gasteiger partial charge on any atom is -0.494 e. The summed E-state index contributed by atoms with van der Waals surface area (Å²) in [6.07, 6.45) is 1.66. The molecule has 9 heteroatoms. The zero-order valence-electron chi connectivity index (χ0n) is 21.2. The second-order valence-electron chi connectivity index (χ2n) is 10.1. The molecule has 0 spiro atoms. The van der Waals surface area contributed by atoms with E-state index in [0.717, 1.165) is 23.4 Å². The topological polar surface area (TPSA) is 85.5 Å². The molecule has 0 N–H and O–H groups in total. The van der Waals surface area contributed by atoms with Crippen LogP contribution in [0.4, 0.5) is 5.13 Å². The summed E-state index contributed by atoms with van der Waals surface area (Å²) in [5.74, 6) is 1.16. The van der Waals surface area contributed by atoms with Crippen molar-refractivity contribution in [2.45, 2.75) is 46.6 Å². The Morgan fingerprint density at radius 2 is 1.89 bits per heavy atom. The zero-order chi connectivity index (χ0) is 26.3. The maximum Gasteiger partial charge on any atom is 0.297 e. The molecule has 192 valence electrons. The molecule has 4 aromatic rings. The van der Waals surface area contributed by atoms with Gasteiger partial charge in [0.25, 0.3) is 5.91 Å². The zero-order valence-corrected chi connectivity index (χ0v) is 22.7. The summed E-state index contributed by atoms with van der Waals surface area (Å²) in [4.78, 5) is 29.1. The molecule has 1 atom stereocenters. The van der Waals surface area contributed by atoms with Gasteiger partial charge in [0.15, 0.2) is 5.43 Å². The van der Waals surface area contributed by atoms with Gasteiger partial charge in [0.2, 0.25) is 10.9 Å². The van der Waals surface area contributed by atoms with Gasteiger partial charge in [-0.2, -0.15) is 0 Å². The summed E-state index contributed by atoms with van der Waals surface area (Å²) >= 11 is 7.54. The Morgan fingerprint density at radius 3 is 2.65 bits per heavy atom. The van der Waals surface area contributed by atoms with Gasteiger partial charge in [0.1, 0.15) is 16.3 Å². The first-order valence-electron chi connectivity index (χ1n) is 12.4. The van der Waals surface area contributed by atoms with Crippen LogP contribution in [0.5, 0.6) is 5.75 Å². The number of halogens is 1. The van der Waals surface area contributed by atoms with E-state index in [0.29, 0.717) is 45.3 Å². The van der Waals surface area contributed by atoms with Crippen LogP contribution in [-0.4, -0.2) is 22.7 Å². The van der Waals surface area contributed by atoms with Crippen LogP contribution in [0.3, 0.4) is 0 Å². The third-order valence-corrected chi connectivity index (χ3v) is 7.40. The smallest absolute Gasteiger partial charge is 0.297 e. The highest BCUT2D eigenvalue weighted by Crippen LogP contribution is 2.43. The van der Waals surface area contributed by atoms with Crippen molar-refractivity contribution in [2.75, 3.05) is 11.5 Å². The number of aromatic nitrogens is 2. The third-order valence-electron chi connectivity index (χ3n) is 6.22. The molecule has 1 aliphatic heterocycles. The summed E-state index contributed by atoms with van der Waals surface area (Å²) in [7, 11) is 0. The Morgan fingerprint density at radius 1 is 1.08 bits per heavy atom. The molecule has 0 aliphatic carbocycles. The maximum absolute atomic E-state index is 13.8. The first kappa shape index (κ1) is 25.4. The lowest BCUT2D eigenvalue weighted by Gasteiger charge is -2.22. The van der Waals surface area contributed by atoms with Crippen molar-refractivity contribution in [3.8, 4) is 5.75 Å². The van der Waals surface area contributed by atoms with E-state index in [1.54, 1.807) is 18.2 Å². The largest absolute Gasteiger partial charge is 0.494 e. The van der Waals surface area contributed by atoms with Gasteiger partial charge in [-0.05, 0) is 54.2 Å². The number of anilines is 1. The van der Waals surface area contributed by atoms with Crippen LogP contribution in [0.1, 0.15) is 66.8 Å². The molecule has 37 heavy (non-hydrogen) atoms. The second kappa shape index (κ2) is 10.3. The van der Waals surface area contributed by atoms with Crippen LogP contribution in [0.2, 0.25) is 5.02 Å². The van der Waals surface area contributed by atoms with E-state index in [9.17, 15) is 9.59 Å². The van der Waals surface area contributed by atoms with Crippen molar-refractivity contribution in [1.82, 2.24) is 10.2 Å². The summed E-state index contributed by atoms with van der Waals surface area (Å²) in [6, 6.07) is 11.6. The maximum atomic E-state index is 13.8. The Kier molecular flexibility index (Phi) is 7.05. The Labute approximate surface area is 224 Å². The number of benzene rings is 2. The minimum absolute atomic E-state index is 0.0107. The molecule has 0 saturated heterocycles. The fourth-order valence-electron chi connectivity index (χ4n) is 4.42. The van der Waals surface area contributed by atoms with Crippen molar-refractivity contribution < 1.29 is 13.9 Å². The normalized spacial score (nSPS) is 15.3. The predicted molar refractivity (Wildman–Crippen MR) is 146 cm³/mol. The van der Waals surface area contributed by atoms with Gasteiger partial charge in [-0.1, -0.05) is 62.8 Å². The van der Waals surface area contributed by atoms with Crippen molar-refractivity contribution in [1.29, 1.82) is 0 Å². The van der Waals surface area contributed by atoms with E-state index < -0.39 is 11.9 Å². The van der Waals surface area contributed by atoms with E-state index in [4.69, 9.17) is 20.8 Å². The van der Waals surface area contributed by atoms with Crippen LogP contribution in [-0.2, 0) is 6.42 Å². The fraction of sp³-hybridized carbons (Fsp3) is 0.357. The van der Waals surface area contributed by atoms with Gasteiger partial charge in [-0.15, -0.1) is 10.2 Å². The van der Waals surface area contributed by atoms with Crippen LogP contribution >= 0.6 is 22.9 Å². The number of ether oxygens (including phenoxy) is 1. The summed E-state index contributed by atoms with van der Waals surface area (Å²) in [5.41, 5.74) is 1.01. The first-order valence-corrected chi connectivity index (χ1v) is 13.6. The third kappa shape index (κ3) is 5.00. The van der Waals surface area contributed by atoms with Crippen LogP contribution in [0, 0.1) is 11.8 Å². The molecule has 7 nitrogen and oxygen atoms in total. The van der Waals surface area contributed by atoms with Crippen LogP contribution in [0.25, 0.3) is 11.0 Å². The molecular formula is C28H28ClN3O4S. The lowest BCUT2D eigenvalue weighted by molar-refractivity contribution is 0.0970. The lowest BCUT2D eigenvalue weighted by atomic mass is 9.98. The van der Waals surface area contributed by atoms with Crippen LogP contribution in [0.15, 0.2) is 51.7 Å². The molecule has 3 heterocycles. The van der Waals surface area contributed by atoms with Gasteiger partial charge in [-0.25, -0.2) is 0 Å². The van der Waals surface area contributed by atoms with E-state index in [1.165, 1.54) is 16.2 Å². The molecule has 0 saturated carbocycles. The highest BCUT2D eigenvalue weighted by Gasteiger charge is 2.45. The molecule has 0 bridgehead atoms.